The maximum atomic E-state index is 12.0. The van der Waals surface area contributed by atoms with Gasteiger partial charge in [-0.25, -0.2) is 5.43 Å². The van der Waals surface area contributed by atoms with Crippen molar-refractivity contribution in [2.75, 3.05) is 0 Å². The summed E-state index contributed by atoms with van der Waals surface area (Å²) in [5, 5.41) is 16.3. The molecule has 5 nitrogen and oxygen atoms in total. The highest BCUT2D eigenvalue weighted by atomic mass is 16.5. The second kappa shape index (κ2) is 9.83. The number of rotatable bonds is 9. The quantitative estimate of drug-likeness (QED) is 0.570. The number of hydroxylamine groups is 1. The van der Waals surface area contributed by atoms with E-state index < -0.39 is 0 Å². The minimum Gasteiger partial charge on any atom is -0.771 e. The van der Waals surface area contributed by atoms with Crippen molar-refractivity contribution in [3.05, 3.63) is 5.21 Å². The molecule has 1 aliphatic carbocycles. The van der Waals surface area contributed by atoms with E-state index in [-0.39, 0.29) is 18.4 Å². The molecule has 0 bridgehead atoms. The van der Waals surface area contributed by atoms with E-state index in [1.165, 1.54) is 64.2 Å². The lowest BCUT2D eigenvalue weighted by molar-refractivity contribution is 0.0221. The van der Waals surface area contributed by atoms with Gasteiger partial charge < -0.3 is 16.1 Å². The van der Waals surface area contributed by atoms with Crippen LogP contribution in [0.3, 0.4) is 0 Å². The first kappa shape index (κ1) is 18.1. The molecule has 130 valence electrons. The van der Waals surface area contributed by atoms with Crippen molar-refractivity contribution >= 4 is 0 Å². The minimum atomic E-state index is -0.386. The third-order valence-corrected chi connectivity index (χ3v) is 5.35. The van der Waals surface area contributed by atoms with Crippen LogP contribution in [0, 0.1) is 11.1 Å². The molecule has 5 heteroatoms. The van der Waals surface area contributed by atoms with Gasteiger partial charge >= 0.3 is 0 Å². The number of nitrogens with one attached hydrogen (secondary N) is 2. The van der Waals surface area contributed by atoms with Crippen LogP contribution in [0.5, 0.6) is 0 Å². The smallest absolute Gasteiger partial charge is 0.121 e. The highest BCUT2D eigenvalue weighted by Gasteiger charge is 2.35. The SMILES string of the molecule is CCCCCCCCCCC1CCC2NC(N)NN([O-])C2C1. The first-order chi connectivity index (χ1) is 10.7. The molecule has 1 heterocycles. The second-order valence-corrected chi connectivity index (χ2v) is 7.22. The predicted molar refractivity (Wildman–Crippen MR) is 91.6 cm³/mol. The van der Waals surface area contributed by atoms with Gasteiger partial charge in [0, 0.05) is 12.1 Å². The standard InChI is InChI=1S/C17H35N4O/c1-2-3-4-5-6-7-8-9-10-14-11-12-15-16(13-14)21(22)20-17(18)19-15/h14-17,19-20H,2-13,18H2,1H3/q-1. The van der Waals surface area contributed by atoms with Crippen LogP contribution in [0.1, 0.15) is 84.0 Å². The molecule has 1 saturated carbocycles. The fraction of sp³-hybridized carbons (Fsp3) is 1.00. The van der Waals surface area contributed by atoms with Crippen LogP contribution in [0.2, 0.25) is 0 Å². The molecule has 22 heavy (non-hydrogen) atoms. The van der Waals surface area contributed by atoms with E-state index in [1.54, 1.807) is 0 Å². The second-order valence-electron chi connectivity index (χ2n) is 7.22. The normalized spacial score (nSPS) is 32.9. The average molecular weight is 311 g/mol. The number of hydrogen-bond donors (Lipinski definition) is 3. The Hall–Kier alpha value is -0.200. The highest BCUT2D eigenvalue weighted by molar-refractivity contribution is 4.94. The monoisotopic (exact) mass is 311 g/mol. The molecule has 2 rings (SSSR count). The molecular weight excluding hydrogens is 276 g/mol. The lowest BCUT2D eigenvalue weighted by atomic mass is 9.79. The Bertz CT molecular complexity index is 302. The third-order valence-electron chi connectivity index (χ3n) is 5.35. The summed E-state index contributed by atoms with van der Waals surface area (Å²) >= 11 is 0. The minimum absolute atomic E-state index is 0.0626. The molecule has 2 fully saturated rings. The summed E-state index contributed by atoms with van der Waals surface area (Å²) in [5.74, 6) is 0.718. The number of hydrogen-bond acceptors (Lipinski definition) is 5. The van der Waals surface area contributed by atoms with Crippen LogP contribution in [-0.4, -0.2) is 23.5 Å². The van der Waals surface area contributed by atoms with Gasteiger partial charge in [0.15, 0.2) is 0 Å². The molecule has 4 atom stereocenters. The van der Waals surface area contributed by atoms with Crippen molar-refractivity contribution in [2.45, 2.75) is 102 Å². The first-order valence-corrected chi connectivity index (χ1v) is 9.45. The molecule has 1 saturated heterocycles. The van der Waals surface area contributed by atoms with Gasteiger partial charge in [0.2, 0.25) is 0 Å². The van der Waals surface area contributed by atoms with Gasteiger partial charge in [0.1, 0.15) is 6.29 Å². The first-order valence-electron chi connectivity index (χ1n) is 9.45. The Labute approximate surface area is 135 Å². The van der Waals surface area contributed by atoms with E-state index in [0.29, 0.717) is 0 Å². The Morgan fingerprint density at radius 3 is 2.45 bits per heavy atom. The van der Waals surface area contributed by atoms with E-state index in [0.717, 1.165) is 23.9 Å². The van der Waals surface area contributed by atoms with Gasteiger partial charge in [-0.15, -0.1) is 0 Å². The summed E-state index contributed by atoms with van der Waals surface area (Å²) < 4.78 is 0. The van der Waals surface area contributed by atoms with Crippen LogP contribution in [0.25, 0.3) is 0 Å². The van der Waals surface area contributed by atoms with Crippen molar-refractivity contribution in [3.8, 4) is 0 Å². The van der Waals surface area contributed by atoms with Crippen LogP contribution in [-0.2, 0) is 0 Å². The van der Waals surface area contributed by atoms with Gasteiger partial charge in [-0.2, -0.15) is 0 Å². The molecule has 4 unspecified atom stereocenters. The zero-order valence-electron chi connectivity index (χ0n) is 14.2. The molecule has 0 amide bonds. The lowest BCUT2D eigenvalue weighted by Gasteiger charge is -2.52. The van der Waals surface area contributed by atoms with E-state index in [2.05, 4.69) is 17.7 Å². The van der Waals surface area contributed by atoms with Gasteiger partial charge in [-0.3, -0.25) is 5.32 Å². The van der Waals surface area contributed by atoms with Crippen LogP contribution < -0.4 is 16.5 Å². The van der Waals surface area contributed by atoms with Crippen LogP contribution in [0.4, 0.5) is 0 Å². The van der Waals surface area contributed by atoms with Gasteiger partial charge in [0.05, 0.1) is 0 Å². The van der Waals surface area contributed by atoms with Crippen molar-refractivity contribution < 1.29 is 0 Å². The molecule has 1 aliphatic heterocycles. The van der Waals surface area contributed by atoms with E-state index in [1.807, 2.05) is 0 Å². The van der Waals surface area contributed by atoms with Crippen LogP contribution in [0.15, 0.2) is 0 Å². The summed E-state index contributed by atoms with van der Waals surface area (Å²) in [7, 11) is 0. The van der Waals surface area contributed by atoms with E-state index >= 15 is 0 Å². The summed E-state index contributed by atoms with van der Waals surface area (Å²) in [6.07, 6.45) is 15.2. The van der Waals surface area contributed by atoms with E-state index in [4.69, 9.17) is 5.73 Å². The van der Waals surface area contributed by atoms with Crippen molar-refractivity contribution in [1.29, 1.82) is 0 Å². The Balaban J connectivity index is 1.54. The largest absolute Gasteiger partial charge is 0.771 e. The Morgan fingerprint density at radius 2 is 1.73 bits per heavy atom. The third kappa shape index (κ3) is 5.78. The predicted octanol–water partition coefficient (Wildman–Crippen LogP) is 3.20. The van der Waals surface area contributed by atoms with Gasteiger partial charge in [-0.1, -0.05) is 64.7 Å². The topological polar surface area (TPSA) is 76.4 Å². The molecular formula is C17H35N4O-. The Morgan fingerprint density at radius 1 is 1.05 bits per heavy atom. The molecule has 0 radical (unpaired) electrons. The number of unbranched alkanes of at least 4 members (excludes halogenated alkanes) is 7. The summed E-state index contributed by atoms with van der Waals surface area (Å²) in [5.41, 5.74) is 8.50. The molecule has 2 aliphatic rings. The molecule has 0 aromatic carbocycles. The zero-order chi connectivity index (χ0) is 15.8. The molecule has 0 spiro atoms. The summed E-state index contributed by atoms with van der Waals surface area (Å²) in [6, 6.07) is 0.330. The Kier molecular flexibility index (Phi) is 8.11. The number of nitrogens with zero attached hydrogens (tertiary/aromatic N) is 1. The van der Waals surface area contributed by atoms with Crippen molar-refractivity contribution in [2.24, 2.45) is 11.7 Å². The van der Waals surface area contributed by atoms with Gasteiger partial charge in [0.25, 0.3) is 0 Å². The molecule has 0 aromatic rings. The fourth-order valence-corrected chi connectivity index (χ4v) is 4.01. The lowest BCUT2D eigenvalue weighted by Crippen LogP contribution is -2.70. The molecule has 4 N–H and O–H groups in total. The number of nitrogens with two attached hydrogens (primary N) is 1. The van der Waals surface area contributed by atoms with Gasteiger partial charge in [-0.05, 0) is 25.2 Å². The average Bonchev–Trinajstić information content (AvgIpc) is 2.50. The highest BCUT2D eigenvalue weighted by Crippen LogP contribution is 2.32. The summed E-state index contributed by atoms with van der Waals surface area (Å²) in [6.45, 7) is 2.27. The maximum absolute atomic E-state index is 12.0. The summed E-state index contributed by atoms with van der Waals surface area (Å²) in [4.78, 5) is 0. The van der Waals surface area contributed by atoms with Crippen LogP contribution >= 0.6 is 0 Å². The number of fused-ring (bicyclic) bond motifs is 1. The molecule has 0 aromatic heterocycles. The maximum Gasteiger partial charge on any atom is 0.121 e. The van der Waals surface area contributed by atoms with Crippen molar-refractivity contribution in [1.82, 2.24) is 15.9 Å². The van der Waals surface area contributed by atoms with E-state index in [9.17, 15) is 5.21 Å². The number of hydrazine groups is 1. The zero-order valence-corrected chi connectivity index (χ0v) is 14.2. The fourth-order valence-electron chi connectivity index (χ4n) is 4.01. The van der Waals surface area contributed by atoms with Crippen molar-refractivity contribution in [3.63, 3.8) is 0 Å².